The summed E-state index contributed by atoms with van der Waals surface area (Å²) in [6.45, 7) is 5.55. The molecule has 0 heterocycles. The summed E-state index contributed by atoms with van der Waals surface area (Å²) in [5.41, 5.74) is 5.26. The number of primary amides is 1. The number of amides is 2. The lowest BCUT2D eigenvalue weighted by atomic mass is 10.1. The molecular formula is C14H28N2O4. The Morgan fingerprint density at radius 1 is 1.05 bits per heavy atom. The predicted molar refractivity (Wildman–Crippen MR) is 77.2 cm³/mol. The van der Waals surface area contributed by atoms with Crippen LogP contribution < -0.4 is 11.1 Å². The highest BCUT2D eigenvalue weighted by atomic mass is 16.5. The van der Waals surface area contributed by atoms with Crippen molar-refractivity contribution in [3.8, 4) is 0 Å². The molecule has 20 heavy (non-hydrogen) atoms. The average molecular weight is 288 g/mol. The lowest BCUT2D eigenvalue weighted by molar-refractivity contribution is -0.130. The number of hydrogen-bond acceptors (Lipinski definition) is 4. The molecule has 1 unspecified atom stereocenters. The topological polar surface area (TPSA) is 90.7 Å². The molecule has 6 heteroatoms. The zero-order valence-electron chi connectivity index (χ0n) is 12.7. The fourth-order valence-electron chi connectivity index (χ4n) is 1.65. The molecular weight excluding hydrogens is 260 g/mol. The molecule has 0 aromatic carbocycles. The van der Waals surface area contributed by atoms with Crippen LogP contribution in [0.3, 0.4) is 0 Å². The molecule has 6 nitrogen and oxygen atoms in total. The Hall–Kier alpha value is -1.14. The van der Waals surface area contributed by atoms with Gasteiger partial charge in [-0.25, -0.2) is 0 Å². The molecule has 0 bridgehead atoms. The van der Waals surface area contributed by atoms with Gasteiger partial charge in [-0.15, -0.1) is 0 Å². The molecule has 0 aromatic rings. The number of carbonyl (C=O) groups is 2. The number of ether oxygens (including phenoxy) is 2. The molecule has 0 fully saturated rings. The van der Waals surface area contributed by atoms with Crippen LogP contribution >= 0.6 is 0 Å². The standard InChI is InChI=1S/C14H28N2O4/c1-3-5-6-7-12(14(15)18)16-13(17)11-20-10-9-19-8-4-2/h12H,3-11H2,1-2H3,(H2,15,18)(H,16,17). The van der Waals surface area contributed by atoms with Gasteiger partial charge in [-0.2, -0.15) is 0 Å². The molecule has 0 saturated heterocycles. The van der Waals surface area contributed by atoms with Gasteiger partial charge in [0.05, 0.1) is 13.2 Å². The van der Waals surface area contributed by atoms with Gasteiger partial charge in [-0.05, 0) is 12.8 Å². The minimum Gasteiger partial charge on any atom is -0.379 e. The van der Waals surface area contributed by atoms with Gasteiger partial charge in [0.2, 0.25) is 11.8 Å². The highest BCUT2D eigenvalue weighted by molar-refractivity contribution is 5.86. The summed E-state index contributed by atoms with van der Waals surface area (Å²) in [4.78, 5) is 22.8. The number of hydrogen-bond donors (Lipinski definition) is 2. The first-order chi connectivity index (χ1) is 9.61. The van der Waals surface area contributed by atoms with Gasteiger partial charge in [0, 0.05) is 6.61 Å². The van der Waals surface area contributed by atoms with E-state index in [0.717, 1.165) is 25.7 Å². The number of nitrogens with one attached hydrogen (secondary N) is 1. The molecule has 1 atom stereocenters. The van der Waals surface area contributed by atoms with Crippen LogP contribution in [0.25, 0.3) is 0 Å². The molecule has 0 saturated carbocycles. The molecule has 2 amide bonds. The van der Waals surface area contributed by atoms with Crippen LogP contribution in [0.4, 0.5) is 0 Å². The van der Waals surface area contributed by atoms with E-state index >= 15 is 0 Å². The van der Waals surface area contributed by atoms with Gasteiger partial charge in [0.25, 0.3) is 0 Å². The van der Waals surface area contributed by atoms with Crippen molar-refractivity contribution >= 4 is 11.8 Å². The Morgan fingerprint density at radius 3 is 2.35 bits per heavy atom. The highest BCUT2D eigenvalue weighted by Gasteiger charge is 2.17. The van der Waals surface area contributed by atoms with Gasteiger partial charge < -0.3 is 20.5 Å². The molecule has 0 aliphatic rings. The lowest BCUT2D eigenvalue weighted by Crippen LogP contribution is -2.45. The second-order valence-electron chi connectivity index (χ2n) is 4.68. The lowest BCUT2D eigenvalue weighted by Gasteiger charge is -2.15. The van der Waals surface area contributed by atoms with Gasteiger partial charge in [-0.3, -0.25) is 9.59 Å². The van der Waals surface area contributed by atoms with Crippen molar-refractivity contribution in [2.45, 2.75) is 52.0 Å². The van der Waals surface area contributed by atoms with E-state index in [-0.39, 0.29) is 12.5 Å². The smallest absolute Gasteiger partial charge is 0.246 e. The third kappa shape index (κ3) is 10.8. The van der Waals surface area contributed by atoms with Crippen LogP contribution in [-0.4, -0.2) is 44.3 Å². The van der Waals surface area contributed by atoms with Crippen molar-refractivity contribution in [2.24, 2.45) is 5.73 Å². The summed E-state index contributed by atoms with van der Waals surface area (Å²) in [7, 11) is 0. The van der Waals surface area contributed by atoms with E-state index in [2.05, 4.69) is 12.2 Å². The molecule has 3 N–H and O–H groups in total. The minimum atomic E-state index is -0.603. The van der Waals surface area contributed by atoms with Crippen molar-refractivity contribution in [3.05, 3.63) is 0 Å². The summed E-state index contributed by atoms with van der Waals surface area (Å²) >= 11 is 0. The number of unbranched alkanes of at least 4 members (excludes halogenated alkanes) is 2. The van der Waals surface area contributed by atoms with E-state index in [9.17, 15) is 9.59 Å². The largest absolute Gasteiger partial charge is 0.379 e. The molecule has 118 valence electrons. The molecule has 0 aromatic heterocycles. The van der Waals surface area contributed by atoms with E-state index in [1.54, 1.807) is 0 Å². The number of carbonyl (C=O) groups excluding carboxylic acids is 2. The molecule has 0 radical (unpaired) electrons. The molecule has 0 aliphatic heterocycles. The van der Waals surface area contributed by atoms with Crippen molar-refractivity contribution < 1.29 is 19.1 Å². The first kappa shape index (κ1) is 18.9. The van der Waals surface area contributed by atoms with Gasteiger partial charge in [0.1, 0.15) is 12.6 Å². The summed E-state index contributed by atoms with van der Waals surface area (Å²) in [5, 5.41) is 2.60. The zero-order chi connectivity index (χ0) is 15.2. The maximum atomic E-state index is 11.6. The third-order valence-corrected chi connectivity index (χ3v) is 2.73. The van der Waals surface area contributed by atoms with E-state index in [1.165, 1.54) is 0 Å². The summed E-state index contributed by atoms with van der Waals surface area (Å²) in [6, 6.07) is -0.603. The summed E-state index contributed by atoms with van der Waals surface area (Å²) in [5.74, 6) is -0.818. The Bertz CT molecular complexity index is 272. The normalized spacial score (nSPS) is 12.1. The molecule has 0 spiro atoms. The Morgan fingerprint density at radius 2 is 1.75 bits per heavy atom. The summed E-state index contributed by atoms with van der Waals surface area (Å²) < 4.78 is 10.4. The second kappa shape index (κ2) is 12.9. The number of nitrogens with two attached hydrogens (primary N) is 1. The van der Waals surface area contributed by atoms with Crippen LogP contribution in [-0.2, 0) is 19.1 Å². The van der Waals surface area contributed by atoms with E-state index in [4.69, 9.17) is 15.2 Å². The maximum absolute atomic E-state index is 11.6. The third-order valence-electron chi connectivity index (χ3n) is 2.73. The van der Waals surface area contributed by atoms with Crippen molar-refractivity contribution in [1.82, 2.24) is 5.32 Å². The fourth-order valence-corrected chi connectivity index (χ4v) is 1.65. The summed E-state index contributed by atoms with van der Waals surface area (Å²) in [6.07, 6.45) is 4.48. The Balaban J connectivity index is 3.75. The van der Waals surface area contributed by atoms with Crippen LogP contribution in [0.5, 0.6) is 0 Å². The Labute approximate surface area is 121 Å². The van der Waals surface area contributed by atoms with Gasteiger partial charge in [-0.1, -0.05) is 33.1 Å². The van der Waals surface area contributed by atoms with Gasteiger partial charge >= 0.3 is 0 Å². The van der Waals surface area contributed by atoms with Crippen LogP contribution in [0.1, 0.15) is 46.0 Å². The van der Waals surface area contributed by atoms with E-state index < -0.39 is 11.9 Å². The Kier molecular flexibility index (Phi) is 12.1. The van der Waals surface area contributed by atoms with Crippen molar-refractivity contribution in [1.29, 1.82) is 0 Å². The van der Waals surface area contributed by atoms with Crippen LogP contribution in [0.15, 0.2) is 0 Å². The predicted octanol–water partition coefficient (Wildman–Crippen LogP) is 0.980. The molecule has 0 aliphatic carbocycles. The SMILES string of the molecule is CCCCCC(NC(=O)COCCOCCC)C(N)=O. The highest BCUT2D eigenvalue weighted by Crippen LogP contribution is 2.03. The van der Waals surface area contributed by atoms with Crippen LogP contribution in [0.2, 0.25) is 0 Å². The fraction of sp³-hybridized carbons (Fsp3) is 0.857. The quantitative estimate of drug-likeness (QED) is 0.494. The van der Waals surface area contributed by atoms with Crippen molar-refractivity contribution in [3.63, 3.8) is 0 Å². The first-order valence-corrected chi connectivity index (χ1v) is 7.35. The van der Waals surface area contributed by atoms with Crippen molar-refractivity contribution in [2.75, 3.05) is 26.4 Å². The minimum absolute atomic E-state index is 0.0763. The van der Waals surface area contributed by atoms with E-state index in [1.807, 2.05) is 6.92 Å². The second-order valence-corrected chi connectivity index (χ2v) is 4.68. The number of rotatable bonds is 13. The first-order valence-electron chi connectivity index (χ1n) is 7.35. The van der Waals surface area contributed by atoms with Gasteiger partial charge in [0.15, 0.2) is 0 Å². The zero-order valence-corrected chi connectivity index (χ0v) is 12.7. The monoisotopic (exact) mass is 288 g/mol. The van der Waals surface area contributed by atoms with E-state index in [0.29, 0.717) is 26.2 Å². The maximum Gasteiger partial charge on any atom is 0.246 e. The molecule has 0 rings (SSSR count). The average Bonchev–Trinajstić information content (AvgIpc) is 2.41. The van der Waals surface area contributed by atoms with Crippen LogP contribution in [0, 0.1) is 0 Å².